The summed E-state index contributed by atoms with van der Waals surface area (Å²) >= 11 is 0. The molecule has 0 rings (SSSR count). The van der Waals surface area contributed by atoms with Crippen LogP contribution in [0.15, 0.2) is 0 Å². The Labute approximate surface area is 173 Å². The van der Waals surface area contributed by atoms with E-state index in [1.54, 1.807) is 0 Å². The molecule has 0 fully saturated rings. The van der Waals surface area contributed by atoms with Crippen molar-refractivity contribution >= 4 is 16.1 Å². The second-order valence-electron chi connectivity index (χ2n) is 8.56. The topological polar surface area (TPSA) is 98.3 Å². The molecule has 8 heteroatoms. The highest BCUT2D eigenvalue weighted by Gasteiger charge is 2.15. The maximum Gasteiger partial charge on any atom is 0.314 e. The van der Waals surface area contributed by atoms with E-state index in [1.165, 1.54) is 38.5 Å². The molecule has 2 N–H and O–H groups in total. The summed E-state index contributed by atoms with van der Waals surface area (Å²) in [6.45, 7) is 6.29. The molecule has 0 aliphatic carbocycles. The molecule has 0 saturated heterocycles. The third-order valence-electron chi connectivity index (χ3n) is 5.00. The van der Waals surface area contributed by atoms with Gasteiger partial charge in [0.2, 0.25) is 0 Å². The van der Waals surface area contributed by atoms with Gasteiger partial charge in [0.05, 0.1) is 37.3 Å². The van der Waals surface area contributed by atoms with Crippen molar-refractivity contribution in [2.75, 3.05) is 39.5 Å². The third-order valence-corrected chi connectivity index (χ3v) is 5.79. The molecule has 0 heterocycles. The van der Waals surface area contributed by atoms with Gasteiger partial charge in [0.1, 0.15) is 0 Å². The minimum Gasteiger partial charge on any atom is -0.748 e. The number of rotatable bonds is 17. The van der Waals surface area contributed by atoms with E-state index in [1.807, 2.05) is 21.0 Å². The third kappa shape index (κ3) is 18.5. The zero-order chi connectivity index (χ0) is 21.5. The number of unbranched alkanes of at least 4 members (excludes halogenated alkanes) is 6. The number of carbonyl (C=O) groups excluding carboxylic acids is 1. The van der Waals surface area contributed by atoms with Crippen molar-refractivity contribution in [3.63, 3.8) is 0 Å². The van der Waals surface area contributed by atoms with Crippen LogP contribution in [0.2, 0.25) is 0 Å². The SMILES string of the molecule is CCCCCCCCCC(C)NC(=O)NCCC[N+](C)(C)CCCS(=O)(=O)[O-]. The van der Waals surface area contributed by atoms with Crippen LogP contribution in [0, 0.1) is 0 Å². The molecule has 0 aromatic rings. The first-order valence-corrected chi connectivity index (χ1v) is 12.4. The van der Waals surface area contributed by atoms with Crippen molar-refractivity contribution in [2.45, 2.75) is 84.1 Å². The number of nitrogens with one attached hydrogen (secondary N) is 2. The summed E-state index contributed by atoms with van der Waals surface area (Å²) in [5.74, 6) is -0.314. The van der Waals surface area contributed by atoms with Crippen LogP contribution in [0.1, 0.15) is 78.1 Å². The summed E-state index contributed by atoms with van der Waals surface area (Å²) in [7, 11) is -0.130. The van der Waals surface area contributed by atoms with Gasteiger partial charge in [-0.15, -0.1) is 0 Å². The number of amides is 2. The van der Waals surface area contributed by atoms with Crippen molar-refractivity contribution in [1.29, 1.82) is 0 Å². The molecule has 2 amide bonds. The lowest BCUT2D eigenvalue weighted by atomic mass is 10.1. The Morgan fingerprint density at radius 2 is 1.54 bits per heavy atom. The lowest BCUT2D eigenvalue weighted by Gasteiger charge is -2.30. The first-order valence-electron chi connectivity index (χ1n) is 10.9. The molecule has 0 radical (unpaired) electrons. The van der Waals surface area contributed by atoms with Crippen LogP contribution in [0.5, 0.6) is 0 Å². The van der Waals surface area contributed by atoms with Crippen LogP contribution in [-0.4, -0.2) is 69.0 Å². The van der Waals surface area contributed by atoms with E-state index in [0.29, 0.717) is 24.0 Å². The van der Waals surface area contributed by atoms with Gasteiger partial charge in [-0.1, -0.05) is 51.9 Å². The van der Waals surface area contributed by atoms with Crippen LogP contribution in [0.4, 0.5) is 4.79 Å². The molecule has 168 valence electrons. The highest BCUT2D eigenvalue weighted by molar-refractivity contribution is 7.85. The minimum absolute atomic E-state index is 0.127. The van der Waals surface area contributed by atoms with Gasteiger partial charge in [-0.2, -0.15) is 0 Å². The van der Waals surface area contributed by atoms with E-state index in [0.717, 1.165) is 25.8 Å². The van der Waals surface area contributed by atoms with Gasteiger partial charge in [0, 0.05) is 31.2 Å². The predicted octanol–water partition coefficient (Wildman–Crippen LogP) is 3.22. The molecule has 0 spiro atoms. The smallest absolute Gasteiger partial charge is 0.314 e. The van der Waals surface area contributed by atoms with E-state index < -0.39 is 10.1 Å². The fourth-order valence-corrected chi connectivity index (χ4v) is 3.73. The Bertz CT molecular complexity index is 510. The van der Waals surface area contributed by atoms with Crippen molar-refractivity contribution in [3.05, 3.63) is 0 Å². The first-order chi connectivity index (χ1) is 13.1. The molecule has 0 saturated carbocycles. The van der Waals surface area contributed by atoms with Crippen molar-refractivity contribution in [2.24, 2.45) is 0 Å². The Balaban J connectivity index is 3.71. The summed E-state index contributed by atoms with van der Waals surface area (Å²) < 4.78 is 32.6. The molecular weight excluding hydrogens is 378 g/mol. The van der Waals surface area contributed by atoms with Gasteiger partial charge in [-0.25, -0.2) is 13.2 Å². The average molecular weight is 422 g/mol. The number of hydrogen-bond acceptors (Lipinski definition) is 4. The summed E-state index contributed by atoms with van der Waals surface area (Å²) in [5.41, 5.74) is 0. The molecule has 1 unspecified atom stereocenters. The lowest BCUT2D eigenvalue weighted by Crippen LogP contribution is -2.45. The Kier molecular flexibility index (Phi) is 14.6. The normalized spacial score (nSPS) is 13.3. The molecule has 0 aliphatic heterocycles. The van der Waals surface area contributed by atoms with Crippen LogP contribution in [-0.2, 0) is 10.1 Å². The van der Waals surface area contributed by atoms with Crippen molar-refractivity contribution in [1.82, 2.24) is 10.6 Å². The second kappa shape index (κ2) is 15.0. The highest BCUT2D eigenvalue weighted by atomic mass is 32.2. The summed E-state index contributed by atoms with van der Waals surface area (Å²) in [4.78, 5) is 11.9. The molecule has 0 aliphatic rings. The number of carbonyl (C=O) groups is 1. The maximum absolute atomic E-state index is 11.9. The van der Waals surface area contributed by atoms with Crippen LogP contribution in [0.3, 0.4) is 0 Å². The highest BCUT2D eigenvalue weighted by Crippen LogP contribution is 2.09. The number of quaternary nitrogens is 1. The van der Waals surface area contributed by atoms with Gasteiger partial charge in [-0.05, 0) is 13.3 Å². The lowest BCUT2D eigenvalue weighted by molar-refractivity contribution is -0.890. The zero-order valence-corrected chi connectivity index (χ0v) is 19.3. The minimum atomic E-state index is -4.13. The van der Waals surface area contributed by atoms with Crippen LogP contribution in [0.25, 0.3) is 0 Å². The molecule has 0 aromatic carbocycles. The van der Waals surface area contributed by atoms with Crippen molar-refractivity contribution in [3.8, 4) is 0 Å². The molecular formula is C20H43N3O4S. The Morgan fingerprint density at radius 3 is 2.14 bits per heavy atom. The standard InChI is InChI=1S/C20H43N3O4S/c1-5-6-7-8-9-10-11-14-19(2)22-20(24)21-15-12-16-23(3,4)17-13-18-28(25,26)27/h19H,5-18H2,1-4H3,(H2-,21,22,24,25,26,27). The van der Waals surface area contributed by atoms with Gasteiger partial charge < -0.3 is 19.7 Å². The van der Waals surface area contributed by atoms with E-state index in [9.17, 15) is 17.8 Å². The molecule has 28 heavy (non-hydrogen) atoms. The fourth-order valence-electron chi connectivity index (χ4n) is 3.24. The number of urea groups is 1. The molecule has 7 nitrogen and oxygen atoms in total. The quantitative estimate of drug-likeness (QED) is 0.214. The van der Waals surface area contributed by atoms with E-state index in [4.69, 9.17) is 0 Å². The summed E-state index contributed by atoms with van der Waals surface area (Å²) in [6, 6.07) is 0.0510. The summed E-state index contributed by atoms with van der Waals surface area (Å²) in [5, 5.41) is 5.87. The van der Waals surface area contributed by atoms with E-state index in [2.05, 4.69) is 17.6 Å². The summed E-state index contributed by atoms with van der Waals surface area (Å²) in [6.07, 6.45) is 11.1. The van der Waals surface area contributed by atoms with E-state index in [-0.39, 0.29) is 17.8 Å². The number of hydrogen-bond donors (Lipinski definition) is 2. The first kappa shape index (κ1) is 27.1. The van der Waals surface area contributed by atoms with E-state index >= 15 is 0 Å². The van der Waals surface area contributed by atoms with Crippen LogP contribution < -0.4 is 10.6 Å². The van der Waals surface area contributed by atoms with Gasteiger partial charge in [-0.3, -0.25) is 0 Å². The molecule has 0 bridgehead atoms. The number of nitrogens with zero attached hydrogens (tertiary/aromatic N) is 1. The Hall–Kier alpha value is -0.860. The van der Waals surface area contributed by atoms with Gasteiger partial charge in [0.25, 0.3) is 0 Å². The van der Waals surface area contributed by atoms with Crippen LogP contribution >= 0.6 is 0 Å². The van der Waals surface area contributed by atoms with Crippen molar-refractivity contribution < 1.29 is 22.2 Å². The largest absolute Gasteiger partial charge is 0.748 e. The van der Waals surface area contributed by atoms with Gasteiger partial charge in [0.15, 0.2) is 0 Å². The van der Waals surface area contributed by atoms with Gasteiger partial charge >= 0.3 is 6.03 Å². The Morgan fingerprint density at radius 1 is 0.964 bits per heavy atom. The monoisotopic (exact) mass is 421 g/mol. The zero-order valence-electron chi connectivity index (χ0n) is 18.5. The fraction of sp³-hybridized carbons (Fsp3) is 0.950. The molecule has 0 aromatic heterocycles. The maximum atomic E-state index is 11.9. The predicted molar refractivity (Wildman–Crippen MR) is 114 cm³/mol. The second-order valence-corrected chi connectivity index (χ2v) is 10.1. The molecule has 1 atom stereocenters. The average Bonchev–Trinajstić information content (AvgIpc) is 2.56.